The Morgan fingerprint density at radius 1 is 1.17 bits per heavy atom. The second kappa shape index (κ2) is 8.37. The predicted octanol–water partition coefficient (Wildman–Crippen LogP) is 2.70. The highest BCUT2D eigenvalue weighted by molar-refractivity contribution is 5.48. The highest BCUT2D eigenvalue weighted by Crippen LogP contribution is 2.28. The molecular formula is C17H20FN3O3. The molecule has 0 bridgehead atoms. The lowest BCUT2D eigenvalue weighted by molar-refractivity contribution is -0.385. The average Bonchev–Trinajstić information content (AvgIpc) is 2.57. The van der Waals surface area contributed by atoms with Gasteiger partial charge in [0.1, 0.15) is 5.82 Å². The summed E-state index contributed by atoms with van der Waals surface area (Å²) >= 11 is 0. The first kappa shape index (κ1) is 17.8. The van der Waals surface area contributed by atoms with Gasteiger partial charge in [0, 0.05) is 32.2 Å². The zero-order chi connectivity index (χ0) is 17.5. The molecule has 0 saturated carbocycles. The van der Waals surface area contributed by atoms with E-state index in [9.17, 15) is 14.5 Å². The standard InChI is InChI=1S/C17H20FN3O3/c1-24-17-7-4-14(10-16(17)21(22)23)12-20(9-8-19)11-13-2-5-15(18)6-3-13/h2-7,10H,8-9,11-12,19H2,1H3. The Bertz CT molecular complexity index is 692. The Labute approximate surface area is 139 Å². The van der Waals surface area contributed by atoms with Crippen LogP contribution in [-0.4, -0.2) is 30.0 Å². The molecule has 2 rings (SSSR count). The minimum Gasteiger partial charge on any atom is -0.490 e. The quantitative estimate of drug-likeness (QED) is 0.593. The maximum Gasteiger partial charge on any atom is 0.311 e. The van der Waals surface area contributed by atoms with Crippen LogP contribution in [0.3, 0.4) is 0 Å². The van der Waals surface area contributed by atoms with Crippen LogP contribution in [0.2, 0.25) is 0 Å². The number of hydrogen-bond acceptors (Lipinski definition) is 5. The number of ether oxygens (including phenoxy) is 1. The number of nitro groups is 1. The van der Waals surface area contributed by atoms with Crippen molar-refractivity contribution in [2.45, 2.75) is 13.1 Å². The van der Waals surface area contributed by atoms with Crippen molar-refractivity contribution in [3.8, 4) is 5.75 Å². The van der Waals surface area contributed by atoms with Crippen LogP contribution in [0.1, 0.15) is 11.1 Å². The summed E-state index contributed by atoms with van der Waals surface area (Å²) in [5, 5.41) is 11.1. The molecule has 0 aromatic heterocycles. The largest absolute Gasteiger partial charge is 0.490 e. The van der Waals surface area contributed by atoms with Crippen LogP contribution in [0.25, 0.3) is 0 Å². The maximum absolute atomic E-state index is 13.0. The van der Waals surface area contributed by atoms with Crippen LogP contribution in [0.5, 0.6) is 5.75 Å². The summed E-state index contributed by atoms with van der Waals surface area (Å²) in [6, 6.07) is 11.1. The van der Waals surface area contributed by atoms with E-state index in [0.717, 1.165) is 11.1 Å². The molecular weight excluding hydrogens is 313 g/mol. The summed E-state index contributed by atoms with van der Waals surface area (Å²) in [5.41, 5.74) is 7.33. The van der Waals surface area contributed by atoms with Gasteiger partial charge >= 0.3 is 5.69 Å². The van der Waals surface area contributed by atoms with Crippen LogP contribution >= 0.6 is 0 Å². The molecule has 2 aromatic rings. The molecule has 0 aliphatic carbocycles. The van der Waals surface area contributed by atoms with Crippen molar-refractivity contribution < 1.29 is 14.1 Å². The molecule has 0 atom stereocenters. The molecule has 0 heterocycles. The molecule has 0 radical (unpaired) electrons. The predicted molar refractivity (Wildman–Crippen MR) is 89.2 cm³/mol. The normalized spacial score (nSPS) is 10.8. The van der Waals surface area contributed by atoms with Gasteiger partial charge in [-0.15, -0.1) is 0 Å². The van der Waals surface area contributed by atoms with E-state index >= 15 is 0 Å². The van der Waals surface area contributed by atoms with E-state index in [2.05, 4.69) is 4.90 Å². The van der Waals surface area contributed by atoms with Crippen LogP contribution < -0.4 is 10.5 Å². The highest BCUT2D eigenvalue weighted by Gasteiger charge is 2.16. The zero-order valence-corrected chi connectivity index (χ0v) is 13.4. The third-order valence-corrected chi connectivity index (χ3v) is 3.61. The summed E-state index contributed by atoms with van der Waals surface area (Å²) in [4.78, 5) is 12.7. The van der Waals surface area contributed by atoms with E-state index in [1.807, 2.05) is 0 Å². The van der Waals surface area contributed by atoms with Crippen LogP contribution in [0, 0.1) is 15.9 Å². The number of hydrogen-bond donors (Lipinski definition) is 1. The van der Waals surface area contributed by atoms with Crippen molar-refractivity contribution in [1.82, 2.24) is 4.90 Å². The van der Waals surface area contributed by atoms with E-state index < -0.39 is 4.92 Å². The van der Waals surface area contributed by atoms with Crippen LogP contribution in [0.4, 0.5) is 10.1 Å². The lowest BCUT2D eigenvalue weighted by Gasteiger charge is -2.22. The summed E-state index contributed by atoms with van der Waals surface area (Å²) in [5.74, 6) is -0.0532. The maximum atomic E-state index is 13.0. The fraction of sp³-hybridized carbons (Fsp3) is 0.294. The van der Waals surface area contributed by atoms with Crippen molar-refractivity contribution in [1.29, 1.82) is 0 Å². The average molecular weight is 333 g/mol. The van der Waals surface area contributed by atoms with E-state index in [1.165, 1.54) is 25.3 Å². The van der Waals surface area contributed by atoms with E-state index in [0.29, 0.717) is 26.2 Å². The summed E-state index contributed by atoms with van der Waals surface area (Å²) < 4.78 is 18.0. The number of halogens is 1. The fourth-order valence-corrected chi connectivity index (χ4v) is 2.48. The topological polar surface area (TPSA) is 81.6 Å². The zero-order valence-electron chi connectivity index (χ0n) is 13.4. The number of nitrogens with two attached hydrogens (primary N) is 1. The van der Waals surface area contributed by atoms with E-state index in [4.69, 9.17) is 10.5 Å². The van der Waals surface area contributed by atoms with Gasteiger partial charge in [-0.25, -0.2) is 4.39 Å². The van der Waals surface area contributed by atoms with Crippen LogP contribution in [0.15, 0.2) is 42.5 Å². The van der Waals surface area contributed by atoms with Gasteiger partial charge < -0.3 is 10.5 Å². The van der Waals surface area contributed by atoms with Gasteiger partial charge in [-0.1, -0.05) is 18.2 Å². The first-order valence-corrected chi connectivity index (χ1v) is 7.51. The second-order valence-corrected chi connectivity index (χ2v) is 5.39. The molecule has 0 fully saturated rings. The highest BCUT2D eigenvalue weighted by atomic mass is 19.1. The Balaban J connectivity index is 2.16. The van der Waals surface area contributed by atoms with Crippen molar-refractivity contribution >= 4 is 5.69 Å². The number of nitrogens with zero attached hydrogens (tertiary/aromatic N) is 2. The van der Waals surface area contributed by atoms with Crippen LogP contribution in [-0.2, 0) is 13.1 Å². The lowest BCUT2D eigenvalue weighted by atomic mass is 10.1. The van der Waals surface area contributed by atoms with Gasteiger partial charge in [0.25, 0.3) is 0 Å². The first-order valence-electron chi connectivity index (χ1n) is 7.51. The smallest absolute Gasteiger partial charge is 0.311 e. The molecule has 0 spiro atoms. The summed E-state index contributed by atoms with van der Waals surface area (Å²) in [7, 11) is 1.40. The van der Waals surface area contributed by atoms with Crippen molar-refractivity contribution in [2.24, 2.45) is 5.73 Å². The second-order valence-electron chi connectivity index (χ2n) is 5.39. The Morgan fingerprint density at radius 2 is 1.79 bits per heavy atom. The van der Waals surface area contributed by atoms with E-state index in [1.54, 1.807) is 24.3 Å². The van der Waals surface area contributed by atoms with Crippen molar-refractivity contribution in [2.75, 3.05) is 20.2 Å². The SMILES string of the molecule is COc1ccc(CN(CCN)Cc2ccc(F)cc2)cc1[N+](=O)[O-]. The molecule has 128 valence electrons. The minimum atomic E-state index is -0.463. The third kappa shape index (κ3) is 4.74. The molecule has 2 aromatic carbocycles. The molecule has 24 heavy (non-hydrogen) atoms. The Hall–Kier alpha value is -2.51. The van der Waals surface area contributed by atoms with E-state index in [-0.39, 0.29) is 17.3 Å². The molecule has 6 nitrogen and oxygen atoms in total. The third-order valence-electron chi connectivity index (χ3n) is 3.61. The van der Waals surface area contributed by atoms with Gasteiger partial charge in [-0.05, 0) is 29.3 Å². The van der Waals surface area contributed by atoms with Gasteiger partial charge in [0.15, 0.2) is 5.75 Å². The lowest BCUT2D eigenvalue weighted by Crippen LogP contribution is -2.28. The van der Waals surface area contributed by atoms with Gasteiger partial charge in [-0.2, -0.15) is 0 Å². The Kier molecular flexibility index (Phi) is 6.22. The summed E-state index contributed by atoms with van der Waals surface area (Å²) in [6.07, 6.45) is 0. The number of benzene rings is 2. The van der Waals surface area contributed by atoms with Crippen molar-refractivity contribution in [3.63, 3.8) is 0 Å². The van der Waals surface area contributed by atoms with Gasteiger partial charge in [0.2, 0.25) is 0 Å². The number of methoxy groups -OCH3 is 1. The number of nitro benzene ring substituents is 1. The molecule has 2 N–H and O–H groups in total. The van der Waals surface area contributed by atoms with Crippen molar-refractivity contribution in [3.05, 3.63) is 69.5 Å². The fourth-order valence-electron chi connectivity index (χ4n) is 2.48. The molecule has 0 aliphatic rings. The first-order chi connectivity index (χ1) is 11.5. The van der Waals surface area contributed by atoms with Gasteiger partial charge in [0.05, 0.1) is 12.0 Å². The Morgan fingerprint density at radius 3 is 2.38 bits per heavy atom. The molecule has 0 amide bonds. The number of rotatable bonds is 8. The minimum absolute atomic E-state index is 0.0653. The summed E-state index contributed by atoms with van der Waals surface area (Å²) in [6.45, 7) is 2.16. The molecule has 7 heteroatoms. The monoisotopic (exact) mass is 333 g/mol. The molecule has 0 saturated heterocycles. The molecule has 0 aliphatic heterocycles. The molecule has 0 unspecified atom stereocenters. The van der Waals surface area contributed by atoms with Gasteiger partial charge in [-0.3, -0.25) is 15.0 Å².